The molecule has 1 rings (SSSR count). The summed E-state index contributed by atoms with van der Waals surface area (Å²) in [5.74, 6) is 0.0484. The summed E-state index contributed by atoms with van der Waals surface area (Å²) in [6, 6.07) is 6.94. The van der Waals surface area contributed by atoms with E-state index in [1.807, 2.05) is 0 Å². The maximum atomic E-state index is 10.7. The van der Waals surface area contributed by atoms with Gasteiger partial charge in [0, 0.05) is 5.56 Å². The van der Waals surface area contributed by atoms with Crippen LogP contribution in [-0.2, 0) is 0 Å². The molecule has 1 nitrogen and oxygen atoms in total. The van der Waals surface area contributed by atoms with Gasteiger partial charge in [0.2, 0.25) is 0 Å². The van der Waals surface area contributed by atoms with Crippen molar-refractivity contribution in [1.29, 1.82) is 0 Å². The van der Waals surface area contributed by atoms with E-state index in [1.165, 1.54) is 6.92 Å². The van der Waals surface area contributed by atoms with Gasteiger partial charge in [-0.25, -0.2) is 0 Å². The second-order valence-corrected chi connectivity index (χ2v) is 2.18. The van der Waals surface area contributed by atoms with Crippen LogP contribution in [-0.4, -0.2) is 13.6 Å². The van der Waals surface area contributed by atoms with E-state index in [1.54, 1.807) is 24.3 Å². The fraction of sp³-hybridized carbons (Fsp3) is 0.125. The second kappa shape index (κ2) is 2.69. The van der Waals surface area contributed by atoms with Gasteiger partial charge < -0.3 is 0 Å². The Labute approximate surface area is 61.5 Å². The highest BCUT2D eigenvalue weighted by Gasteiger charge is 1.95. The van der Waals surface area contributed by atoms with Crippen molar-refractivity contribution in [1.82, 2.24) is 0 Å². The lowest BCUT2D eigenvalue weighted by Gasteiger charge is -1.95. The van der Waals surface area contributed by atoms with Crippen molar-refractivity contribution in [3.05, 3.63) is 29.8 Å². The van der Waals surface area contributed by atoms with Crippen molar-refractivity contribution in [3.63, 3.8) is 0 Å². The zero-order chi connectivity index (χ0) is 7.56. The molecular weight excluding hydrogens is 123 g/mol. The van der Waals surface area contributed by atoms with Crippen molar-refractivity contribution in [2.24, 2.45) is 0 Å². The van der Waals surface area contributed by atoms with Gasteiger partial charge in [-0.3, -0.25) is 4.79 Å². The molecule has 0 bridgehead atoms. The molecule has 2 radical (unpaired) electrons. The molecule has 2 heteroatoms. The largest absolute Gasteiger partial charge is 0.295 e. The average molecular weight is 130 g/mol. The van der Waals surface area contributed by atoms with E-state index in [-0.39, 0.29) is 5.78 Å². The van der Waals surface area contributed by atoms with Crippen molar-refractivity contribution < 1.29 is 4.79 Å². The van der Waals surface area contributed by atoms with Crippen LogP contribution in [0, 0.1) is 0 Å². The lowest BCUT2D eigenvalue weighted by atomic mass is 9.94. The van der Waals surface area contributed by atoms with Crippen LogP contribution >= 0.6 is 0 Å². The van der Waals surface area contributed by atoms with Gasteiger partial charge in [-0.1, -0.05) is 29.7 Å². The van der Waals surface area contributed by atoms with Crippen LogP contribution in [0.2, 0.25) is 0 Å². The van der Waals surface area contributed by atoms with Crippen molar-refractivity contribution in [2.45, 2.75) is 6.92 Å². The molecule has 0 saturated heterocycles. The normalized spacial score (nSPS) is 9.30. The highest BCUT2D eigenvalue weighted by molar-refractivity contribution is 6.32. The minimum atomic E-state index is 0.0484. The van der Waals surface area contributed by atoms with E-state index < -0.39 is 0 Å². The number of Topliss-reactive ketones (excluding diaryl/α,β-unsaturated/α-hetero) is 1. The number of ketones is 1. The van der Waals surface area contributed by atoms with Crippen LogP contribution in [0.1, 0.15) is 17.3 Å². The standard InChI is InChI=1S/C8H7BO/c1-6(10)7-3-2-4-8(9)5-7/h2-5H,1H3. The van der Waals surface area contributed by atoms with Gasteiger partial charge in [-0.05, 0) is 6.92 Å². The first-order valence-corrected chi connectivity index (χ1v) is 3.06. The molecule has 10 heavy (non-hydrogen) atoms. The minimum Gasteiger partial charge on any atom is -0.295 e. The molecule has 1 aromatic rings. The summed E-state index contributed by atoms with van der Waals surface area (Å²) >= 11 is 0. The number of carbonyl (C=O) groups excluding carboxylic acids is 1. The van der Waals surface area contributed by atoms with Gasteiger partial charge >= 0.3 is 0 Å². The predicted molar refractivity (Wildman–Crippen MR) is 41.8 cm³/mol. The Hall–Kier alpha value is -1.05. The summed E-state index contributed by atoms with van der Waals surface area (Å²) in [5, 5.41) is 0. The Kier molecular flexibility index (Phi) is 1.90. The highest BCUT2D eigenvalue weighted by atomic mass is 16.1. The Morgan fingerprint density at radius 1 is 1.50 bits per heavy atom. The van der Waals surface area contributed by atoms with Crippen molar-refractivity contribution >= 4 is 19.1 Å². The maximum Gasteiger partial charge on any atom is 0.159 e. The van der Waals surface area contributed by atoms with Gasteiger partial charge in [0.05, 0.1) is 0 Å². The van der Waals surface area contributed by atoms with Gasteiger partial charge in [0.1, 0.15) is 7.85 Å². The zero-order valence-electron chi connectivity index (χ0n) is 5.79. The lowest BCUT2D eigenvalue weighted by Crippen LogP contribution is -2.04. The zero-order valence-corrected chi connectivity index (χ0v) is 5.79. The number of hydrogen-bond donors (Lipinski definition) is 0. The molecule has 0 aromatic heterocycles. The summed E-state index contributed by atoms with van der Waals surface area (Å²) in [5.41, 5.74) is 1.30. The van der Waals surface area contributed by atoms with Crippen LogP contribution in [0.4, 0.5) is 0 Å². The average Bonchev–Trinajstić information content (AvgIpc) is 1.88. The Morgan fingerprint density at radius 2 is 2.20 bits per heavy atom. The number of hydrogen-bond acceptors (Lipinski definition) is 1. The molecule has 0 aliphatic heterocycles. The topological polar surface area (TPSA) is 17.1 Å². The summed E-state index contributed by atoms with van der Waals surface area (Å²) in [4.78, 5) is 10.7. The molecule has 0 aliphatic carbocycles. The predicted octanol–water partition coefficient (Wildman–Crippen LogP) is 0.683. The van der Waals surface area contributed by atoms with E-state index in [9.17, 15) is 4.79 Å². The third-order valence-electron chi connectivity index (χ3n) is 1.29. The lowest BCUT2D eigenvalue weighted by molar-refractivity contribution is 0.101. The molecule has 0 spiro atoms. The van der Waals surface area contributed by atoms with E-state index in [4.69, 9.17) is 7.85 Å². The molecule has 0 atom stereocenters. The van der Waals surface area contributed by atoms with Crippen LogP contribution in [0.15, 0.2) is 24.3 Å². The molecule has 0 fully saturated rings. The Morgan fingerprint density at radius 3 is 2.60 bits per heavy atom. The van der Waals surface area contributed by atoms with Gasteiger partial charge in [-0.15, -0.1) is 0 Å². The van der Waals surface area contributed by atoms with Crippen molar-refractivity contribution in [2.75, 3.05) is 0 Å². The summed E-state index contributed by atoms with van der Waals surface area (Å²) in [6.45, 7) is 1.52. The first kappa shape index (κ1) is 7.07. The van der Waals surface area contributed by atoms with Gasteiger partial charge in [0.15, 0.2) is 5.78 Å². The third kappa shape index (κ3) is 1.47. The van der Waals surface area contributed by atoms with Gasteiger partial charge in [0.25, 0.3) is 0 Å². The Balaban J connectivity index is 3.07. The molecule has 0 aliphatic rings. The van der Waals surface area contributed by atoms with Crippen LogP contribution in [0.3, 0.4) is 0 Å². The van der Waals surface area contributed by atoms with Gasteiger partial charge in [-0.2, -0.15) is 0 Å². The first-order chi connectivity index (χ1) is 4.70. The van der Waals surface area contributed by atoms with Crippen LogP contribution in [0.25, 0.3) is 0 Å². The third-order valence-corrected chi connectivity index (χ3v) is 1.29. The highest BCUT2D eigenvalue weighted by Crippen LogP contribution is 1.95. The van der Waals surface area contributed by atoms with E-state index in [0.717, 1.165) is 0 Å². The van der Waals surface area contributed by atoms with Crippen LogP contribution in [0.5, 0.6) is 0 Å². The first-order valence-electron chi connectivity index (χ1n) is 3.06. The summed E-state index contributed by atoms with van der Waals surface area (Å²) < 4.78 is 0. The maximum absolute atomic E-state index is 10.7. The fourth-order valence-electron chi connectivity index (χ4n) is 0.758. The molecule has 0 amide bonds. The molecule has 0 unspecified atom stereocenters. The SMILES string of the molecule is [B]c1cccc(C(C)=O)c1. The second-order valence-electron chi connectivity index (χ2n) is 2.18. The number of benzene rings is 1. The number of rotatable bonds is 1. The molecule has 0 saturated carbocycles. The fourth-order valence-corrected chi connectivity index (χ4v) is 0.758. The van der Waals surface area contributed by atoms with E-state index in [2.05, 4.69) is 0 Å². The quantitative estimate of drug-likeness (QED) is 0.403. The monoisotopic (exact) mass is 130 g/mol. The van der Waals surface area contributed by atoms with Crippen LogP contribution < -0.4 is 5.46 Å². The molecular formula is C8H7BO. The molecule has 48 valence electrons. The summed E-state index contributed by atoms with van der Waals surface area (Å²) in [7, 11) is 5.44. The summed E-state index contributed by atoms with van der Waals surface area (Å²) in [6.07, 6.45) is 0. The Bertz CT molecular complexity index is 255. The smallest absolute Gasteiger partial charge is 0.159 e. The molecule has 0 heterocycles. The number of carbonyl (C=O) groups is 1. The van der Waals surface area contributed by atoms with E-state index >= 15 is 0 Å². The minimum absolute atomic E-state index is 0.0484. The molecule has 1 aromatic carbocycles. The molecule has 0 N–H and O–H groups in total. The van der Waals surface area contributed by atoms with E-state index in [0.29, 0.717) is 11.0 Å². The van der Waals surface area contributed by atoms with Crippen molar-refractivity contribution in [3.8, 4) is 0 Å².